The quantitative estimate of drug-likeness (QED) is 0.462. The van der Waals surface area contributed by atoms with Crippen LogP contribution in [0, 0.1) is 17.8 Å². The van der Waals surface area contributed by atoms with Crippen LogP contribution in [0.1, 0.15) is 73.6 Å². The summed E-state index contributed by atoms with van der Waals surface area (Å²) >= 11 is 0. The van der Waals surface area contributed by atoms with E-state index in [4.69, 9.17) is 0 Å². The normalized spacial score (nSPS) is 13.9. The first-order valence-electron chi connectivity index (χ1n) is 7.12. The van der Waals surface area contributed by atoms with E-state index < -0.39 is 0 Å². The van der Waals surface area contributed by atoms with Gasteiger partial charge in [0.15, 0.2) is 0 Å². The molecule has 0 fully saturated rings. The minimum absolute atomic E-state index is 0.849. The minimum atomic E-state index is 0.849. The SMILES string of the molecule is C=CCCC.CCCCC(C)C(C)C(C)C. The molecule has 0 radical (unpaired) electrons. The molecule has 0 rings (SSSR count). The van der Waals surface area contributed by atoms with Crippen LogP contribution >= 0.6 is 0 Å². The van der Waals surface area contributed by atoms with E-state index in [0.717, 1.165) is 24.2 Å². The zero-order valence-electron chi connectivity index (χ0n) is 12.6. The monoisotopic (exact) mass is 226 g/mol. The molecule has 0 aliphatic rings. The number of rotatable bonds is 7. The Morgan fingerprint density at radius 3 is 1.81 bits per heavy atom. The molecule has 0 aliphatic heterocycles. The van der Waals surface area contributed by atoms with Crippen LogP contribution < -0.4 is 0 Å². The van der Waals surface area contributed by atoms with Gasteiger partial charge in [-0.3, -0.25) is 0 Å². The maximum atomic E-state index is 3.55. The van der Waals surface area contributed by atoms with Crippen molar-refractivity contribution in [3.8, 4) is 0 Å². The zero-order valence-corrected chi connectivity index (χ0v) is 12.6. The lowest BCUT2D eigenvalue weighted by atomic mass is 9.83. The van der Waals surface area contributed by atoms with Crippen molar-refractivity contribution >= 4 is 0 Å². The molecule has 16 heavy (non-hydrogen) atoms. The van der Waals surface area contributed by atoms with Gasteiger partial charge in [-0.25, -0.2) is 0 Å². The molecule has 0 aliphatic carbocycles. The first kappa shape index (κ1) is 18.1. The lowest BCUT2D eigenvalue weighted by Crippen LogP contribution is -2.13. The molecule has 2 unspecified atom stereocenters. The Morgan fingerprint density at radius 2 is 1.56 bits per heavy atom. The molecular weight excluding hydrogens is 192 g/mol. The van der Waals surface area contributed by atoms with Gasteiger partial charge in [0.1, 0.15) is 0 Å². The summed E-state index contributed by atoms with van der Waals surface area (Å²) in [5, 5.41) is 0. The Morgan fingerprint density at radius 1 is 1.00 bits per heavy atom. The highest BCUT2D eigenvalue weighted by Crippen LogP contribution is 2.24. The summed E-state index contributed by atoms with van der Waals surface area (Å²) in [5.41, 5.74) is 0. The fraction of sp³-hybridized carbons (Fsp3) is 0.875. The number of allylic oxidation sites excluding steroid dienone is 1. The van der Waals surface area contributed by atoms with E-state index in [2.05, 4.69) is 48.1 Å². The number of unbranched alkanes of at least 4 members (excludes halogenated alkanes) is 2. The van der Waals surface area contributed by atoms with Gasteiger partial charge in [0.05, 0.1) is 0 Å². The zero-order chi connectivity index (χ0) is 13.0. The summed E-state index contributed by atoms with van der Waals surface area (Å²) in [6, 6.07) is 0. The van der Waals surface area contributed by atoms with Gasteiger partial charge in [-0.15, -0.1) is 6.58 Å². The van der Waals surface area contributed by atoms with Crippen LogP contribution in [0.4, 0.5) is 0 Å². The van der Waals surface area contributed by atoms with Crippen LogP contribution in [0.25, 0.3) is 0 Å². The first-order valence-corrected chi connectivity index (χ1v) is 7.12. The van der Waals surface area contributed by atoms with Gasteiger partial charge in [0.2, 0.25) is 0 Å². The van der Waals surface area contributed by atoms with Crippen molar-refractivity contribution in [1.82, 2.24) is 0 Å². The van der Waals surface area contributed by atoms with Crippen molar-refractivity contribution in [3.05, 3.63) is 12.7 Å². The molecule has 0 nitrogen and oxygen atoms in total. The maximum absolute atomic E-state index is 3.55. The molecule has 0 spiro atoms. The van der Waals surface area contributed by atoms with Gasteiger partial charge in [-0.05, 0) is 24.2 Å². The van der Waals surface area contributed by atoms with Gasteiger partial charge in [0.25, 0.3) is 0 Å². The van der Waals surface area contributed by atoms with Gasteiger partial charge >= 0.3 is 0 Å². The Bertz CT molecular complexity index is 135. The van der Waals surface area contributed by atoms with Crippen LogP contribution in [0.2, 0.25) is 0 Å². The van der Waals surface area contributed by atoms with Gasteiger partial charge < -0.3 is 0 Å². The summed E-state index contributed by atoms with van der Waals surface area (Å²) in [7, 11) is 0. The molecule has 0 saturated heterocycles. The topological polar surface area (TPSA) is 0 Å². The predicted molar refractivity (Wildman–Crippen MR) is 77.8 cm³/mol. The fourth-order valence-corrected chi connectivity index (χ4v) is 1.65. The fourth-order valence-electron chi connectivity index (χ4n) is 1.65. The van der Waals surface area contributed by atoms with Crippen molar-refractivity contribution in [3.63, 3.8) is 0 Å². The Hall–Kier alpha value is -0.260. The van der Waals surface area contributed by atoms with Gasteiger partial charge in [-0.2, -0.15) is 0 Å². The van der Waals surface area contributed by atoms with Gasteiger partial charge in [-0.1, -0.05) is 73.3 Å². The summed E-state index contributed by atoms with van der Waals surface area (Å²) in [5.74, 6) is 2.65. The van der Waals surface area contributed by atoms with Crippen molar-refractivity contribution in [1.29, 1.82) is 0 Å². The Kier molecular flexibility index (Phi) is 14.5. The molecule has 0 amide bonds. The molecule has 0 bridgehead atoms. The van der Waals surface area contributed by atoms with Crippen LogP contribution in [-0.2, 0) is 0 Å². The number of hydrogen-bond acceptors (Lipinski definition) is 0. The second-order valence-electron chi connectivity index (χ2n) is 5.30. The van der Waals surface area contributed by atoms with E-state index in [9.17, 15) is 0 Å². The molecule has 98 valence electrons. The average Bonchev–Trinajstić information content (AvgIpc) is 2.26. The molecular formula is C16H34. The first-order chi connectivity index (χ1) is 7.51. The molecule has 2 atom stereocenters. The summed E-state index contributed by atoms with van der Waals surface area (Å²) in [6.45, 7) is 17.4. The average molecular weight is 226 g/mol. The van der Waals surface area contributed by atoms with E-state index in [-0.39, 0.29) is 0 Å². The minimum Gasteiger partial charge on any atom is -0.103 e. The van der Waals surface area contributed by atoms with Gasteiger partial charge in [0, 0.05) is 0 Å². The van der Waals surface area contributed by atoms with Crippen molar-refractivity contribution in [2.45, 2.75) is 73.6 Å². The molecule has 0 aromatic carbocycles. The van der Waals surface area contributed by atoms with Crippen LogP contribution in [0.5, 0.6) is 0 Å². The molecule has 0 heteroatoms. The van der Waals surface area contributed by atoms with Crippen molar-refractivity contribution < 1.29 is 0 Å². The smallest absolute Gasteiger partial charge is 0.0356 e. The molecule has 0 heterocycles. The van der Waals surface area contributed by atoms with Crippen molar-refractivity contribution in [2.24, 2.45) is 17.8 Å². The molecule has 0 saturated carbocycles. The highest BCUT2D eigenvalue weighted by atomic mass is 14.2. The third-order valence-corrected chi connectivity index (χ3v) is 3.45. The highest BCUT2D eigenvalue weighted by molar-refractivity contribution is 4.64. The predicted octanol–water partition coefficient (Wildman–Crippen LogP) is 6.08. The third-order valence-electron chi connectivity index (χ3n) is 3.45. The third kappa shape index (κ3) is 11.8. The largest absolute Gasteiger partial charge is 0.103 e. The number of hydrogen-bond donors (Lipinski definition) is 0. The summed E-state index contributed by atoms with van der Waals surface area (Å²) in [6.07, 6.45) is 8.47. The van der Waals surface area contributed by atoms with Crippen LogP contribution in [-0.4, -0.2) is 0 Å². The van der Waals surface area contributed by atoms with E-state index in [1.807, 2.05) is 6.08 Å². The Balaban J connectivity index is 0. The lowest BCUT2D eigenvalue weighted by molar-refractivity contribution is 0.277. The van der Waals surface area contributed by atoms with Crippen LogP contribution in [0.3, 0.4) is 0 Å². The van der Waals surface area contributed by atoms with E-state index in [0.29, 0.717) is 0 Å². The van der Waals surface area contributed by atoms with Crippen molar-refractivity contribution in [2.75, 3.05) is 0 Å². The second-order valence-corrected chi connectivity index (χ2v) is 5.30. The summed E-state index contributed by atoms with van der Waals surface area (Å²) < 4.78 is 0. The summed E-state index contributed by atoms with van der Waals surface area (Å²) in [4.78, 5) is 0. The second kappa shape index (κ2) is 12.8. The molecule has 0 N–H and O–H groups in total. The maximum Gasteiger partial charge on any atom is -0.0356 e. The molecule has 0 aromatic heterocycles. The standard InChI is InChI=1S/C11H24.C5H10/c1-6-7-8-10(4)11(5)9(2)3;1-3-5-4-2/h9-11H,6-8H2,1-5H3;3H,1,4-5H2,2H3. The Labute approximate surface area is 105 Å². The molecule has 0 aromatic rings. The van der Waals surface area contributed by atoms with E-state index in [1.54, 1.807) is 0 Å². The van der Waals surface area contributed by atoms with E-state index in [1.165, 1.54) is 25.7 Å². The van der Waals surface area contributed by atoms with Crippen LogP contribution in [0.15, 0.2) is 12.7 Å². The van der Waals surface area contributed by atoms with E-state index >= 15 is 0 Å². The lowest BCUT2D eigenvalue weighted by Gasteiger charge is -2.23. The highest BCUT2D eigenvalue weighted by Gasteiger charge is 2.14.